The van der Waals surface area contributed by atoms with Crippen LogP contribution in [0.5, 0.6) is 0 Å². The Bertz CT molecular complexity index is 665. The summed E-state index contributed by atoms with van der Waals surface area (Å²) in [4.78, 5) is 14.5. The van der Waals surface area contributed by atoms with Crippen LogP contribution in [0.1, 0.15) is 25.8 Å². The van der Waals surface area contributed by atoms with Gasteiger partial charge in [-0.2, -0.15) is 4.31 Å². The van der Waals surface area contributed by atoms with Crippen LogP contribution in [0.15, 0.2) is 29.2 Å². The summed E-state index contributed by atoms with van der Waals surface area (Å²) in [5, 5.41) is 3.21. The topological polar surface area (TPSA) is 69.7 Å². The molecule has 1 heterocycles. The lowest BCUT2D eigenvalue weighted by Gasteiger charge is -2.29. The molecule has 1 aliphatic heterocycles. The molecule has 1 aromatic rings. The van der Waals surface area contributed by atoms with Gasteiger partial charge in [0.1, 0.15) is 0 Å². The molecule has 1 N–H and O–H groups in total. The van der Waals surface area contributed by atoms with Gasteiger partial charge in [0, 0.05) is 45.7 Å². The summed E-state index contributed by atoms with van der Waals surface area (Å²) in [6, 6.07) is 6.87. The Balaban J connectivity index is 2.09. The fourth-order valence-corrected chi connectivity index (χ4v) is 4.47. The molecular formula is C18H29N3O3S. The Morgan fingerprint density at radius 2 is 1.80 bits per heavy atom. The van der Waals surface area contributed by atoms with Crippen LogP contribution in [0.3, 0.4) is 0 Å². The maximum atomic E-state index is 13.0. The molecule has 0 aromatic heterocycles. The molecule has 0 bridgehead atoms. The van der Waals surface area contributed by atoms with Crippen LogP contribution in [0, 0.1) is 12.8 Å². The van der Waals surface area contributed by atoms with Gasteiger partial charge in [-0.3, -0.25) is 4.79 Å². The zero-order chi connectivity index (χ0) is 18.4. The van der Waals surface area contributed by atoms with Gasteiger partial charge in [-0.05, 0) is 25.0 Å². The van der Waals surface area contributed by atoms with E-state index in [0.29, 0.717) is 19.6 Å². The number of benzene rings is 1. The summed E-state index contributed by atoms with van der Waals surface area (Å²) < 4.78 is 27.4. The fraction of sp³-hybridized carbons (Fsp3) is 0.611. The van der Waals surface area contributed by atoms with E-state index in [0.717, 1.165) is 18.7 Å². The molecule has 140 valence electrons. The van der Waals surface area contributed by atoms with Crippen molar-refractivity contribution in [2.24, 2.45) is 5.92 Å². The first-order valence-corrected chi connectivity index (χ1v) is 10.3. The second-order valence-corrected chi connectivity index (χ2v) is 8.89. The number of aryl methyl sites for hydroxylation is 1. The lowest BCUT2D eigenvalue weighted by molar-refractivity contribution is -0.131. The van der Waals surface area contributed by atoms with Crippen LogP contribution in [0.4, 0.5) is 0 Å². The predicted molar refractivity (Wildman–Crippen MR) is 98.8 cm³/mol. The first kappa shape index (κ1) is 19.9. The van der Waals surface area contributed by atoms with Gasteiger partial charge >= 0.3 is 0 Å². The number of amides is 1. The summed E-state index contributed by atoms with van der Waals surface area (Å²) in [6.45, 7) is 9.48. The highest BCUT2D eigenvalue weighted by Crippen LogP contribution is 2.18. The van der Waals surface area contributed by atoms with Crippen molar-refractivity contribution in [2.75, 3.05) is 39.3 Å². The Labute approximate surface area is 151 Å². The van der Waals surface area contributed by atoms with E-state index in [-0.39, 0.29) is 29.7 Å². The van der Waals surface area contributed by atoms with Crippen LogP contribution < -0.4 is 5.32 Å². The third-order valence-electron chi connectivity index (χ3n) is 4.27. The van der Waals surface area contributed by atoms with E-state index in [1.807, 2.05) is 25.7 Å². The van der Waals surface area contributed by atoms with E-state index in [1.165, 1.54) is 4.31 Å². The monoisotopic (exact) mass is 367 g/mol. The minimum Gasteiger partial charge on any atom is -0.340 e. The first-order valence-electron chi connectivity index (χ1n) is 8.86. The van der Waals surface area contributed by atoms with E-state index in [1.54, 1.807) is 24.3 Å². The van der Waals surface area contributed by atoms with Gasteiger partial charge in [0.2, 0.25) is 15.9 Å². The Kier molecular flexibility index (Phi) is 6.98. The number of nitrogens with zero attached hydrogens (tertiary/aromatic N) is 2. The van der Waals surface area contributed by atoms with Crippen LogP contribution in [0.25, 0.3) is 0 Å². The lowest BCUT2D eigenvalue weighted by Crippen LogP contribution is -2.47. The standard InChI is InChI=1S/C18H29N3O3S/c1-15(2)14-21(11-8-18(22)20-12-9-19-10-13-20)25(23,24)17-6-4-16(3)5-7-17/h4-7,15,19H,8-14H2,1-3H3. The second-order valence-electron chi connectivity index (χ2n) is 6.95. The van der Waals surface area contributed by atoms with Crippen molar-refractivity contribution < 1.29 is 13.2 Å². The molecule has 1 amide bonds. The fourth-order valence-electron chi connectivity index (χ4n) is 2.87. The average Bonchev–Trinajstić information content (AvgIpc) is 2.59. The van der Waals surface area contributed by atoms with Gasteiger partial charge in [0.15, 0.2) is 0 Å². The van der Waals surface area contributed by atoms with Gasteiger partial charge in [0.05, 0.1) is 4.90 Å². The van der Waals surface area contributed by atoms with Crippen molar-refractivity contribution in [3.63, 3.8) is 0 Å². The number of hydrogen-bond acceptors (Lipinski definition) is 4. The maximum absolute atomic E-state index is 13.0. The smallest absolute Gasteiger partial charge is 0.243 e. The maximum Gasteiger partial charge on any atom is 0.243 e. The summed E-state index contributed by atoms with van der Waals surface area (Å²) in [5.41, 5.74) is 1.02. The number of sulfonamides is 1. The SMILES string of the molecule is Cc1ccc(S(=O)(=O)N(CCC(=O)N2CCNCC2)CC(C)C)cc1. The van der Waals surface area contributed by atoms with Crippen molar-refractivity contribution in [1.29, 1.82) is 0 Å². The molecule has 0 spiro atoms. The second kappa shape index (κ2) is 8.78. The van der Waals surface area contributed by atoms with Gasteiger partial charge in [-0.15, -0.1) is 0 Å². The van der Waals surface area contributed by atoms with Crippen LogP contribution in [0.2, 0.25) is 0 Å². The van der Waals surface area contributed by atoms with Crippen molar-refractivity contribution in [2.45, 2.75) is 32.1 Å². The molecule has 0 saturated carbocycles. The van der Waals surface area contributed by atoms with E-state index in [4.69, 9.17) is 0 Å². The molecule has 1 fully saturated rings. The largest absolute Gasteiger partial charge is 0.340 e. The van der Waals surface area contributed by atoms with Crippen LogP contribution in [-0.4, -0.2) is 62.8 Å². The lowest BCUT2D eigenvalue weighted by atomic mass is 10.2. The molecule has 0 atom stereocenters. The summed E-state index contributed by atoms with van der Waals surface area (Å²) in [6.07, 6.45) is 0.220. The minimum atomic E-state index is -3.59. The number of hydrogen-bond donors (Lipinski definition) is 1. The third-order valence-corrected chi connectivity index (χ3v) is 6.15. The highest BCUT2D eigenvalue weighted by Gasteiger charge is 2.26. The summed E-state index contributed by atoms with van der Waals surface area (Å²) >= 11 is 0. The highest BCUT2D eigenvalue weighted by atomic mass is 32.2. The van der Waals surface area contributed by atoms with E-state index < -0.39 is 10.0 Å². The van der Waals surface area contributed by atoms with Crippen LogP contribution >= 0.6 is 0 Å². The number of carbonyl (C=O) groups is 1. The predicted octanol–water partition coefficient (Wildman–Crippen LogP) is 1.46. The Morgan fingerprint density at radius 3 is 2.36 bits per heavy atom. The van der Waals surface area contributed by atoms with Crippen molar-refractivity contribution >= 4 is 15.9 Å². The molecular weight excluding hydrogens is 338 g/mol. The number of piperazine rings is 1. The average molecular weight is 368 g/mol. The number of rotatable bonds is 7. The molecule has 1 saturated heterocycles. The number of nitrogens with one attached hydrogen (secondary N) is 1. The minimum absolute atomic E-state index is 0.0226. The molecule has 0 aliphatic carbocycles. The van der Waals surface area contributed by atoms with Crippen molar-refractivity contribution in [1.82, 2.24) is 14.5 Å². The number of carbonyl (C=O) groups excluding carboxylic acids is 1. The van der Waals surface area contributed by atoms with Crippen LogP contribution in [-0.2, 0) is 14.8 Å². The zero-order valence-corrected chi connectivity index (χ0v) is 16.2. The summed E-state index contributed by atoms with van der Waals surface area (Å²) in [5.74, 6) is 0.212. The van der Waals surface area contributed by atoms with Crippen molar-refractivity contribution in [3.8, 4) is 0 Å². The Hall–Kier alpha value is -1.44. The van der Waals surface area contributed by atoms with E-state index in [9.17, 15) is 13.2 Å². The van der Waals surface area contributed by atoms with E-state index >= 15 is 0 Å². The molecule has 25 heavy (non-hydrogen) atoms. The first-order chi connectivity index (χ1) is 11.8. The molecule has 6 nitrogen and oxygen atoms in total. The third kappa shape index (κ3) is 5.52. The van der Waals surface area contributed by atoms with E-state index in [2.05, 4.69) is 5.32 Å². The van der Waals surface area contributed by atoms with Gasteiger partial charge < -0.3 is 10.2 Å². The zero-order valence-electron chi connectivity index (χ0n) is 15.4. The molecule has 1 aromatic carbocycles. The normalized spacial score (nSPS) is 15.8. The molecule has 7 heteroatoms. The molecule has 1 aliphatic rings. The summed E-state index contributed by atoms with van der Waals surface area (Å²) in [7, 11) is -3.59. The molecule has 0 unspecified atom stereocenters. The van der Waals surface area contributed by atoms with Gasteiger partial charge in [0.25, 0.3) is 0 Å². The van der Waals surface area contributed by atoms with Gasteiger partial charge in [-0.1, -0.05) is 31.5 Å². The quantitative estimate of drug-likeness (QED) is 0.792. The molecule has 2 rings (SSSR count). The molecule has 0 radical (unpaired) electrons. The van der Waals surface area contributed by atoms with Crippen molar-refractivity contribution in [3.05, 3.63) is 29.8 Å². The highest BCUT2D eigenvalue weighted by molar-refractivity contribution is 7.89. The van der Waals surface area contributed by atoms with Gasteiger partial charge in [-0.25, -0.2) is 8.42 Å². The Morgan fingerprint density at radius 1 is 1.20 bits per heavy atom.